The molecule has 0 radical (unpaired) electrons. The molecule has 1 aromatic rings. The third-order valence-corrected chi connectivity index (χ3v) is 5.79. The summed E-state index contributed by atoms with van der Waals surface area (Å²) in [5.41, 5.74) is 1.53. The molecule has 5 heteroatoms. The molecule has 1 unspecified atom stereocenters. The van der Waals surface area contributed by atoms with Crippen LogP contribution in [0.1, 0.15) is 71.8 Å². The van der Waals surface area contributed by atoms with Gasteiger partial charge in [-0.3, -0.25) is 0 Å². The Kier molecular flexibility index (Phi) is 9.79. The van der Waals surface area contributed by atoms with Crippen LogP contribution in [0.25, 0.3) is 0 Å². The largest absolute Gasteiger partial charge is 0.508 e. The van der Waals surface area contributed by atoms with Gasteiger partial charge in [-0.25, -0.2) is 4.79 Å². The highest BCUT2D eigenvalue weighted by Crippen LogP contribution is 2.48. The van der Waals surface area contributed by atoms with E-state index in [9.17, 15) is 4.79 Å². The van der Waals surface area contributed by atoms with Crippen molar-refractivity contribution in [3.63, 3.8) is 0 Å². The van der Waals surface area contributed by atoms with Crippen LogP contribution in [-0.2, 0) is 14.9 Å². The van der Waals surface area contributed by atoms with E-state index in [1.54, 1.807) is 6.92 Å². The standard InChI is InChI=1S/C24H39NO4/c1-5-7-16-28-21-11-9-20(10-12-21)24(13-8-14-24)22(18-19(3)4)25-15-17-29-23(26)27-6-2/h9-12,19,22,25H,5-8,13-18H2,1-4H3. The fraction of sp³-hybridized carbons (Fsp3) is 0.708. The number of hydrogen-bond acceptors (Lipinski definition) is 5. The summed E-state index contributed by atoms with van der Waals surface area (Å²) in [6, 6.07) is 9.06. The molecule has 1 aliphatic rings. The van der Waals surface area contributed by atoms with E-state index in [1.165, 1.54) is 24.8 Å². The Morgan fingerprint density at radius 2 is 1.83 bits per heavy atom. The SMILES string of the molecule is CCCCOc1ccc(C2(C(CC(C)C)NCCOC(=O)OCC)CCC2)cc1. The van der Waals surface area contributed by atoms with E-state index in [4.69, 9.17) is 14.2 Å². The molecule has 1 fully saturated rings. The maximum Gasteiger partial charge on any atom is 0.508 e. The minimum Gasteiger partial charge on any atom is -0.494 e. The Balaban J connectivity index is 2.01. The van der Waals surface area contributed by atoms with Crippen molar-refractivity contribution >= 4 is 6.16 Å². The molecule has 0 aromatic heterocycles. The van der Waals surface area contributed by atoms with Crippen molar-refractivity contribution in [2.45, 2.75) is 77.7 Å². The maximum absolute atomic E-state index is 11.4. The van der Waals surface area contributed by atoms with E-state index in [0.29, 0.717) is 31.7 Å². The van der Waals surface area contributed by atoms with Gasteiger partial charge in [-0.1, -0.05) is 45.7 Å². The third kappa shape index (κ3) is 6.91. The Labute approximate surface area is 176 Å². The lowest BCUT2D eigenvalue weighted by atomic mass is 9.59. The summed E-state index contributed by atoms with van der Waals surface area (Å²) in [4.78, 5) is 11.4. The van der Waals surface area contributed by atoms with Gasteiger partial charge in [0.2, 0.25) is 0 Å². The molecule has 1 N–H and O–H groups in total. The molecule has 164 valence electrons. The van der Waals surface area contributed by atoms with Crippen LogP contribution >= 0.6 is 0 Å². The molecule has 1 aliphatic carbocycles. The average molecular weight is 406 g/mol. The second kappa shape index (κ2) is 12.1. The predicted octanol–water partition coefficient (Wildman–Crippen LogP) is 5.46. The highest BCUT2D eigenvalue weighted by atomic mass is 16.7. The summed E-state index contributed by atoms with van der Waals surface area (Å²) < 4.78 is 15.8. The molecule has 0 heterocycles. The van der Waals surface area contributed by atoms with E-state index in [0.717, 1.165) is 31.6 Å². The second-order valence-electron chi connectivity index (χ2n) is 8.40. The first kappa shape index (κ1) is 23.5. The Morgan fingerprint density at radius 1 is 1.10 bits per heavy atom. The monoisotopic (exact) mass is 405 g/mol. The average Bonchev–Trinajstić information content (AvgIpc) is 2.65. The van der Waals surface area contributed by atoms with Crippen molar-refractivity contribution < 1.29 is 19.0 Å². The van der Waals surface area contributed by atoms with E-state index in [1.807, 2.05) is 0 Å². The lowest BCUT2D eigenvalue weighted by Gasteiger charge is -2.49. The number of hydrogen-bond donors (Lipinski definition) is 1. The molecule has 0 aliphatic heterocycles. The second-order valence-corrected chi connectivity index (χ2v) is 8.40. The molecule has 1 aromatic carbocycles. The lowest BCUT2D eigenvalue weighted by molar-refractivity contribution is 0.0568. The number of carbonyl (C=O) groups excluding carboxylic acids is 1. The van der Waals surface area contributed by atoms with Crippen LogP contribution in [-0.4, -0.2) is 38.6 Å². The smallest absolute Gasteiger partial charge is 0.494 e. The molecule has 1 saturated carbocycles. The maximum atomic E-state index is 11.4. The van der Waals surface area contributed by atoms with Crippen LogP contribution < -0.4 is 10.1 Å². The van der Waals surface area contributed by atoms with Gasteiger partial charge >= 0.3 is 6.16 Å². The summed E-state index contributed by atoms with van der Waals surface area (Å²) in [7, 11) is 0. The predicted molar refractivity (Wildman–Crippen MR) is 117 cm³/mol. The van der Waals surface area contributed by atoms with Crippen molar-refractivity contribution in [1.82, 2.24) is 5.32 Å². The number of nitrogens with one attached hydrogen (secondary N) is 1. The van der Waals surface area contributed by atoms with Crippen LogP contribution in [0.3, 0.4) is 0 Å². The summed E-state index contributed by atoms with van der Waals surface area (Å²) in [5, 5.41) is 3.68. The van der Waals surface area contributed by atoms with Crippen molar-refractivity contribution in [3.8, 4) is 5.75 Å². The molecule has 0 amide bonds. The van der Waals surface area contributed by atoms with E-state index in [-0.39, 0.29) is 5.41 Å². The molecule has 29 heavy (non-hydrogen) atoms. The van der Waals surface area contributed by atoms with Crippen LogP contribution in [0.5, 0.6) is 5.75 Å². The van der Waals surface area contributed by atoms with Crippen molar-refractivity contribution in [2.75, 3.05) is 26.4 Å². The minimum absolute atomic E-state index is 0.149. The quantitative estimate of drug-likeness (QED) is 0.349. The van der Waals surface area contributed by atoms with Gasteiger partial charge in [0.1, 0.15) is 12.4 Å². The fourth-order valence-electron chi connectivity index (χ4n) is 4.12. The molecule has 1 atom stereocenters. The molecule has 0 spiro atoms. The zero-order valence-electron chi connectivity index (χ0n) is 18.7. The van der Waals surface area contributed by atoms with Gasteiger partial charge in [-0.15, -0.1) is 0 Å². The highest BCUT2D eigenvalue weighted by Gasteiger charge is 2.45. The van der Waals surface area contributed by atoms with Gasteiger partial charge in [0, 0.05) is 18.0 Å². The summed E-state index contributed by atoms with van der Waals surface area (Å²) in [6.45, 7) is 10.6. The van der Waals surface area contributed by atoms with Gasteiger partial charge in [0.15, 0.2) is 0 Å². The lowest BCUT2D eigenvalue weighted by Crippen LogP contribution is -2.54. The van der Waals surface area contributed by atoms with Crippen molar-refractivity contribution in [1.29, 1.82) is 0 Å². The van der Waals surface area contributed by atoms with E-state index >= 15 is 0 Å². The number of rotatable bonds is 13. The van der Waals surface area contributed by atoms with Crippen LogP contribution in [0, 0.1) is 5.92 Å². The van der Waals surface area contributed by atoms with E-state index < -0.39 is 6.16 Å². The first-order valence-electron chi connectivity index (χ1n) is 11.3. The summed E-state index contributed by atoms with van der Waals surface area (Å²) in [5.74, 6) is 1.54. The normalized spacial score (nSPS) is 16.2. The molecule has 2 rings (SSSR count). The van der Waals surface area contributed by atoms with Crippen molar-refractivity contribution in [3.05, 3.63) is 29.8 Å². The summed E-state index contributed by atoms with van der Waals surface area (Å²) in [6.07, 6.45) is 6.35. The number of benzene rings is 1. The first-order valence-corrected chi connectivity index (χ1v) is 11.3. The molecule has 0 saturated heterocycles. The van der Waals surface area contributed by atoms with Gasteiger partial charge in [0.05, 0.1) is 13.2 Å². The third-order valence-electron chi connectivity index (χ3n) is 5.79. The highest BCUT2D eigenvalue weighted by molar-refractivity contribution is 5.59. The van der Waals surface area contributed by atoms with Gasteiger partial charge < -0.3 is 19.5 Å². The van der Waals surface area contributed by atoms with Crippen molar-refractivity contribution in [2.24, 2.45) is 5.92 Å². The number of unbranched alkanes of at least 4 members (excludes halogenated alkanes) is 1. The fourth-order valence-corrected chi connectivity index (χ4v) is 4.12. The zero-order valence-corrected chi connectivity index (χ0v) is 18.7. The molecular weight excluding hydrogens is 366 g/mol. The van der Waals surface area contributed by atoms with Crippen LogP contribution in [0.15, 0.2) is 24.3 Å². The number of carbonyl (C=O) groups is 1. The topological polar surface area (TPSA) is 56.8 Å². The Morgan fingerprint density at radius 3 is 2.38 bits per heavy atom. The minimum atomic E-state index is -0.591. The molecular formula is C24H39NO4. The molecule has 0 bridgehead atoms. The van der Waals surface area contributed by atoms with Gasteiger partial charge in [-0.2, -0.15) is 0 Å². The van der Waals surface area contributed by atoms with Crippen LogP contribution in [0.2, 0.25) is 0 Å². The van der Waals surface area contributed by atoms with Crippen LogP contribution in [0.4, 0.5) is 4.79 Å². The van der Waals surface area contributed by atoms with Gasteiger partial charge in [0.25, 0.3) is 0 Å². The molecule has 5 nitrogen and oxygen atoms in total. The zero-order chi connectivity index (χ0) is 21.1. The van der Waals surface area contributed by atoms with E-state index in [2.05, 4.69) is 50.4 Å². The summed E-state index contributed by atoms with van der Waals surface area (Å²) >= 11 is 0. The Bertz CT molecular complexity index is 595. The van der Waals surface area contributed by atoms with Gasteiger partial charge in [-0.05, 0) is 56.2 Å². The number of ether oxygens (including phenoxy) is 3. The Hall–Kier alpha value is -1.75. The first-order chi connectivity index (χ1) is 14.0.